The fourth-order valence-corrected chi connectivity index (χ4v) is 3.87. The molecule has 0 aromatic heterocycles. The molecule has 0 aliphatic heterocycles. The van der Waals surface area contributed by atoms with Crippen LogP contribution in [0, 0.1) is 11.8 Å². The van der Waals surface area contributed by atoms with E-state index in [9.17, 15) is 0 Å². The number of rotatable bonds is 14. The first-order chi connectivity index (χ1) is 11.0. The third-order valence-electron chi connectivity index (χ3n) is 4.03. The van der Waals surface area contributed by atoms with Gasteiger partial charge < -0.3 is 9.05 Å². The van der Waals surface area contributed by atoms with Crippen LogP contribution in [0.5, 0.6) is 0 Å². The number of hydrogen-bond donors (Lipinski definition) is 1. The number of unbranched alkanes of at least 4 members (excludes halogenated alkanes) is 2. The van der Waals surface area contributed by atoms with Crippen LogP contribution >= 0.6 is 17.9 Å². The normalized spacial score (nSPS) is 16.0. The van der Waals surface area contributed by atoms with Gasteiger partial charge in [0.25, 0.3) is 0 Å². The maximum absolute atomic E-state index is 8.26. The molecule has 0 aliphatic rings. The van der Waals surface area contributed by atoms with E-state index < -0.39 is 5.69 Å². The first-order valence-electron chi connectivity index (χ1n) is 8.77. The monoisotopic (exact) mass is 468 g/mol. The average molecular weight is 467 g/mol. The second kappa shape index (κ2) is 18.2. The van der Waals surface area contributed by atoms with Crippen LogP contribution in [0.15, 0.2) is 0 Å². The van der Waals surface area contributed by atoms with Crippen LogP contribution in [0.25, 0.3) is 0 Å². The Hall–Kier alpha value is 1.41. The van der Waals surface area contributed by atoms with Crippen LogP contribution in [-0.2, 0) is 44.0 Å². The molecule has 2 atom stereocenters. The molecule has 0 amide bonds. The molecule has 0 aromatic carbocycles. The van der Waals surface area contributed by atoms with Crippen molar-refractivity contribution in [3.05, 3.63) is 0 Å². The molecule has 0 radical (unpaired) electrons. The minimum absolute atomic E-state index is 0.588. The Kier molecular flexibility index (Phi) is 21.1. The van der Waals surface area contributed by atoms with Gasteiger partial charge >= 0.3 is 23.2 Å². The van der Waals surface area contributed by atoms with E-state index in [2.05, 4.69) is 39.9 Å². The van der Waals surface area contributed by atoms with Crippen molar-refractivity contribution in [1.29, 1.82) is 0 Å². The van der Waals surface area contributed by atoms with Gasteiger partial charge in [0.2, 0.25) is 5.69 Å². The van der Waals surface area contributed by atoms with E-state index in [0.29, 0.717) is 44.8 Å². The summed E-state index contributed by atoms with van der Waals surface area (Å²) in [7, 11) is 0. The van der Waals surface area contributed by atoms with Crippen molar-refractivity contribution < 1.29 is 32.2 Å². The van der Waals surface area contributed by atoms with Gasteiger partial charge in [0.15, 0.2) is 0 Å². The molecule has 0 heterocycles. The zero-order valence-electron chi connectivity index (χ0n) is 15.2. The Morgan fingerprint density at radius 2 is 1.26 bits per heavy atom. The summed E-state index contributed by atoms with van der Waals surface area (Å²) in [4.78, 5) is 0. The third kappa shape index (κ3) is 16.6. The molecule has 23 heavy (non-hydrogen) atoms. The summed E-state index contributed by atoms with van der Waals surface area (Å²) in [6, 6.07) is 0. The molecule has 0 fully saturated rings. The van der Waals surface area contributed by atoms with Crippen molar-refractivity contribution in [3.63, 3.8) is 0 Å². The van der Waals surface area contributed by atoms with Crippen LogP contribution in [0.4, 0.5) is 0 Å². The first kappa shape index (κ1) is 26.6. The molecule has 0 spiro atoms. The zero-order chi connectivity index (χ0) is 18.1. The van der Waals surface area contributed by atoms with E-state index in [-0.39, 0.29) is 0 Å². The molecule has 7 heteroatoms. The second-order valence-electron chi connectivity index (χ2n) is 5.89. The molecular formula is C16H35MoO3PS2. The molecule has 2 unspecified atom stereocenters. The maximum atomic E-state index is 8.26. The fraction of sp³-hybridized carbons (Fsp3) is 1.00. The zero-order valence-corrected chi connectivity index (χ0v) is 19.8. The molecule has 0 aliphatic carbocycles. The number of hydrogen-bond acceptors (Lipinski definition) is 4. The molecule has 0 aromatic rings. The summed E-state index contributed by atoms with van der Waals surface area (Å²) in [5.41, 5.74) is -2.36. The summed E-state index contributed by atoms with van der Waals surface area (Å²) >= 11 is 10.6. The SMILES string of the molecule is CCCCC(CC)COP(=S)(S)OCC(CC)CCCC.[O]=[Mo]. The molecule has 3 nitrogen and oxygen atoms in total. The molecule has 0 saturated heterocycles. The van der Waals surface area contributed by atoms with E-state index in [0.717, 1.165) is 12.8 Å². The van der Waals surface area contributed by atoms with Crippen LogP contribution < -0.4 is 0 Å². The topological polar surface area (TPSA) is 35.5 Å². The predicted molar refractivity (Wildman–Crippen MR) is 102 cm³/mol. The van der Waals surface area contributed by atoms with Gasteiger partial charge in [-0.15, -0.1) is 0 Å². The fourth-order valence-electron chi connectivity index (χ4n) is 2.23. The van der Waals surface area contributed by atoms with Gasteiger partial charge in [0, 0.05) is 0 Å². The quantitative estimate of drug-likeness (QED) is 0.180. The molecule has 0 bridgehead atoms. The van der Waals surface area contributed by atoms with Gasteiger partial charge in [-0.25, -0.2) is 0 Å². The van der Waals surface area contributed by atoms with Crippen LogP contribution in [0.1, 0.15) is 79.1 Å². The van der Waals surface area contributed by atoms with Crippen molar-refractivity contribution in [2.75, 3.05) is 13.2 Å². The van der Waals surface area contributed by atoms with Crippen molar-refractivity contribution in [1.82, 2.24) is 0 Å². The third-order valence-corrected chi connectivity index (χ3v) is 6.31. The van der Waals surface area contributed by atoms with E-state index >= 15 is 0 Å². The molecular weight excluding hydrogens is 431 g/mol. The second-order valence-corrected chi connectivity index (χ2v) is 11.2. The summed E-state index contributed by atoms with van der Waals surface area (Å²) in [5.74, 6) is 1.18. The first-order valence-corrected chi connectivity index (χ1v) is 13.4. The van der Waals surface area contributed by atoms with Gasteiger partial charge in [-0.1, -0.05) is 78.5 Å². The minimum atomic E-state index is -2.36. The van der Waals surface area contributed by atoms with Crippen LogP contribution in [0.3, 0.4) is 0 Å². The molecule has 0 saturated carbocycles. The summed E-state index contributed by atoms with van der Waals surface area (Å²) < 4.78 is 20.0. The average Bonchev–Trinajstić information content (AvgIpc) is 2.57. The summed E-state index contributed by atoms with van der Waals surface area (Å²) in [5, 5.41) is 0. The molecule has 0 rings (SSSR count). The Bertz CT molecular complexity index is 285. The van der Waals surface area contributed by atoms with E-state index in [1.54, 1.807) is 0 Å². The Balaban J connectivity index is 0. The summed E-state index contributed by atoms with van der Waals surface area (Å²) in [6.07, 6.45) is 9.68. The number of thiol groups is 1. The molecule has 0 N–H and O–H groups in total. The van der Waals surface area contributed by atoms with Crippen molar-refractivity contribution in [2.45, 2.75) is 79.1 Å². The summed E-state index contributed by atoms with van der Waals surface area (Å²) in [6.45, 7) is 10.3. The Morgan fingerprint density at radius 3 is 1.52 bits per heavy atom. The van der Waals surface area contributed by atoms with E-state index in [1.165, 1.54) is 38.5 Å². The Morgan fingerprint density at radius 1 is 0.913 bits per heavy atom. The van der Waals surface area contributed by atoms with Gasteiger partial charge in [0.05, 0.1) is 13.2 Å². The van der Waals surface area contributed by atoms with Gasteiger partial charge in [0.1, 0.15) is 0 Å². The van der Waals surface area contributed by atoms with E-state index in [1.807, 2.05) is 0 Å². The Labute approximate surface area is 165 Å². The van der Waals surface area contributed by atoms with E-state index in [4.69, 9.17) is 24.3 Å². The van der Waals surface area contributed by atoms with Gasteiger partial charge in [-0.2, -0.15) is 0 Å². The van der Waals surface area contributed by atoms with Crippen molar-refractivity contribution in [2.24, 2.45) is 11.8 Å². The van der Waals surface area contributed by atoms with Crippen LogP contribution in [0.2, 0.25) is 0 Å². The standard InChI is InChI=1S/C16H35O2PS2.Mo.O/c1-5-9-11-15(7-3)13-17-19(20,21)18-14-16(8-4)12-10-6-2;;/h15-16H,5-14H2,1-4H3,(H,20,21);;. The van der Waals surface area contributed by atoms with Crippen LogP contribution in [-0.4, -0.2) is 13.2 Å². The van der Waals surface area contributed by atoms with Crippen molar-refractivity contribution in [3.8, 4) is 0 Å². The van der Waals surface area contributed by atoms with Gasteiger partial charge in [-0.05, 0) is 36.5 Å². The van der Waals surface area contributed by atoms with Gasteiger partial charge in [-0.3, -0.25) is 0 Å². The molecule has 140 valence electrons. The predicted octanol–water partition coefficient (Wildman–Crippen LogP) is 6.49. The van der Waals surface area contributed by atoms with Crippen molar-refractivity contribution >= 4 is 29.7 Å².